The van der Waals surface area contributed by atoms with Crippen LogP contribution in [0.1, 0.15) is 18.5 Å². The average Bonchev–Trinajstić information content (AvgIpc) is 3.01. The number of aryl methyl sites for hydroxylation is 1. The summed E-state index contributed by atoms with van der Waals surface area (Å²) >= 11 is 2.98. The number of amides is 1. The second-order valence-corrected chi connectivity index (χ2v) is 6.45. The number of hydrogen-bond donors (Lipinski definition) is 2. The van der Waals surface area contributed by atoms with Gasteiger partial charge in [0.25, 0.3) is 0 Å². The Balaban J connectivity index is 2.05. The van der Waals surface area contributed by atoms with E-state index in [4.69, 9.17) is 0 Å². The molecule has 2 rings (SSSR count). The second kappa shape index (κ2) is 6.82. The fourth-order valence-electron chi connectivity index (χ4n) is 1.66. The van der Waals surface area contributed by atoms with Gasteiger partial charge in [0.15, 0.2) is 4.34 Å². The first-order chi connectivity index (χ1) is 9.63. The molecule has 0 spiro atoms. The number of nitrogens with one attached hydrogen (secondary N) is 2. The number of anilines is 1. The predicted octanol–water partition coefficient (Wildman–Crippen LogP) is 1.28. The smallest absolute Gasteiger partial charge is 0.248 e. The van der Waals surface area contributed by atoms with Crippen LogP contribution in [0, 0.1) is 0 Å². The van der Waals surface area contributed by atoms with E-state index in [0.29, 0.717) is 5.13 Å². The summed E-state index contributed by atoms with van der Waals surface area (Å²) in [5.41, 5.74) is 0.806. The van der Waals surface area contributed by atoms with Crippen LogP contribution in [0.3, 0.4) is 0 Å². The molecule has 0 aliphatic carbocycles. The zero-order valence-corrected chi connectivity index (χ0v) is 13.1. The van der Waals surface area contributed by atoms with E-state index in [0.717, 1.165) is 15.7 Å². The number of carbonyl (C=O) groups is 1. The van der Waals surface area contributed by atoms with E-state index in [1.165, 1.54) is 11.3 Å². The van der Waals surface area contributed by atoms with E-state index in [1.807, 2.05) is 14.0 Å². The number of aromatic nitrogens is 4. The lowest BCUT2D eigenvalue weighted by Gasteiger charge is -2.12. The second-order valence-electron chi connectivity index (χ2n) is 3.96. The highest BCUT2D eigenvalue weighted by Crippen LogP contribution is 2.25. The number of hydrogen-bond acceptors (Lipinski definition) is 7. The van der Waals surface area contributed by atoms with E-state index in [2.05, 4.69) is 25.9 Å². The normalized spacial score (nSPS) is 12.3. The minimum Gasteiger partial charge on any atom is -0.305 e. The van der Waals surface area contributed by atoms with Gasteiger partial charge in [-0.15, -0.1) is 10.2 Å². The molecule has 2 N–H and O–H groups in total. The molecule has 1 atom stereocenters. The maximum absolute atomic E-state index is 12.2. The maximum atomic E-state index is 12.2. The summed E-state index contributed by atoms with van der Waals surface area (Å²) in [4.78, 5) is 12.2. The monoisotopic (exact) mass is 312 g/mol. The molecule has 0 aliphatic heterocycles. The summed E-state index contributed by atoms with van der Waals surface area (Å²) in [5.74, 6) is 0.752. The van der Waals surface area contributed by atoms with Crippen LogP contribution in [0.25, 0.3) is 0 Å². The molecular formula is C11H16N6OS2. The third-order valence-corrected chi connectivity index (χ3v) is 4.37. The molecule has 0 aliphatic rings. The SMILES string of the molecule is CCSc1nnc(NC(=O)C(NC)c2cnn(C)c2)s1. The fraction of sp³-hybridized carbons (Fsp3) is 0.455. The lowest BCUT2D eigenvalue weighted by atomic mass is 10.1. The summed E-state index contributed by atoms with van der Waals surface area (Å²) in [6, 6.07) is -0.463. The van der Waals surface area contributed by atoms with Gasteiger partial charge in [-0.05, 0) is 12.8 Å². The van der Waals surface area contributed by atoms with Crippen LogP contribution in [0.15, 0.2) is 16.7 Å². The number of thioether (sulfide) groups is 1. The minimum atomic E-state index is -0.463. The van der Waals surface area contributed by atoms with Crippen LogP contribution < -0.4 is 10.6 Å². The predicted molar refractivity (Wildman–Crippen MR) is 79.9 cm³/mol. The molecular weight excluding hydrogens is 296 g/mol. The Morgan fingerprint density at radius 2 is 2.35 bits per heavy atom. The quantitative estimate of drug-likeness (QED) is 0.617. The first-order valence-corrected chi connectivity index (χ1v) is 7.87. The molecule has 0 aromatic carbocycles. The molecule has 2 aromatic rings. The van der Waals surface area contributed by atoms with Gasteiger partial charge in [0, 0.05) is 18.8 Å². The van der Waals surface area contributed by atoms with Gasteiger partial charge in [-0.1, -0.05) is 30.0 Å². The molecule has 7 nitrogen and oxygen atoms in total. The van der Waals surface area contributed by atoms with Crippen LogP contribution in [0.4, 0.5) is 5.13 Å². The Hall–Kier alpha value is -1.45. The first kappa shape index (κ1) is 14.9. The molecule has 20 heavy (non-hydrogen) atoms. The highest BCUT2D eigenvalue weighted by atomic mass is 32.2. The highest BCUT2D eigenvalue weighted by molar-refractivity contribution is 8.01. The van der Waals surface area contributed by atoms with Crippen molar-refractivity contribution in [3.63, 3.8) is 0 Å². The van der Waals surface area contributed by atoms with Crippen molar-refractivity contribution in [2.75, 3.05) is 18.1 Å². The van der Waals surface area contributed by atoms with Crippen molar-refractivity contribution in [1.29, 1.82) is 0 Å². The summed E-state index contributed by atoms with van der Waals surface area (Å²) < 4.78 is 2.51. The van der Waals surface area contributed by atoms with Gasteiger partial charge in [-0.3, -0.25) is 14.8 Å². The van der Waals surface area contributed by atoms with Crippen LogP contribution in [-0.4, -0.2) is 38.7 Å². The molecule has 0 fully saturated rings. The standard InChI is InChI=1S/C11H16N6OS2/c1-4-19-11-16-15-10(20-11)14-9(18)8(12-2)7-5-13-17(3)6-7/h5-6,8,12H,4H2,1-3H3,(H,14,15,18). The molecule has 1 unspecified atom stereocenters. The van der Waals surface area contributed by atoms with Gasteiger partial charge in [0.2, 0.25) is 11.0 Å². The zero-order chi connectivity index (χ0) is 14.5. The van der Waals surface area contributed by atoms with Gasteiger partial charge in [0.05, 0.1) is 6.20 Å². The molecule has 0 radical (unpaired) electrons. The van der Waals surface area contributed by atoms with Crippen LogP contribution >= 0.6 is 23.1 Å². The topological polar surface area (TPSA) is 84.7 Å². The zero-order valence-electron chi connectivity index (χ0n) is 11.5. The van der Waals surface area contributed by atoms with Crippen molar-refractivity contribution in [2.45, 2.75) is 17.3 Å². The number of likely N-dealkylation sites (N-methyl/N-ethyl adjacent to an activating group) is 1. The van der Waals surface area contributed by atoms with E-state index < -0.39 is 6.04 Å². The van der Waals surface area contributed by atoms with Gasteiger partial charge < -0.3 is 5.32 Å². The van der Waals surface area contributed by atoms with E-state index in [-0.39, 0.29) is 5.91 Å². The molecule has 1 amide bonds. The van der Waals surface area contributed by atoms with Gasteiger partial charge in [-0.2, -0.15) is 5.10 Å². The van der Waals surface area contributed by atoms with Gasteiger partial charge in [-0.25, -0.2) is 0 Å². The Morgan fingerprint density at radius 3 is 2.95 bits per heavy atom. The maximum Gasteiger partial charge on any atom is 0.248 e. The summed E-state index contributed by atoms with van der Waals surface area (Å²) in [5, 5.41) is 18.3. The third kappa shape index (κ3) is 3.56. The first-order valence-electron chi connectivity index (χ1n) is 6.07. The summed E-state index contributed by atoms with van der Waals surface area (Å²) in [6.07, 6.45) is 3.47. The van der Waals surface area contributed by atoms with E-state index in [1.54, 1.807) is 35.9 Å². The van der Waals surface area contributed by atoms with Gasteiger partial charge in [0.1, 0.15) is 6.04 Å². The lowest BCUT2D eigenvalue weighted by Crippen LogP contribution is -2.30. The Labute approximate surface area is 125 Å². The van der Waals surface area contributed by atoms with Crippen LogP contribution in [-0.2, 0) is 11.8 Å². The summed E-state index contributed by atoms with van der Waals surface area (Å²) in [6.45, 7) is 2.05. The molecule has 2 aromatic heterocycles. The molecule has 0 bridgehead atoms. The molecule has 108 valence electrons. The van der Waals surface area contributed by atoms with Crippen molar-refractivity contribution in [3.05, 3.63) is 18.0 Å². The largest absolute Gasteiger partial charge is 0.305 e. The van der Waals surface area contributed by atoms with E-state index in [9.17, 15) is 4.79 Å². The number of carbonyl (C=O) groups excluding carboxylic acids is 1. The van der Waals surface area contributed by atoms with Crippen molar-refractivity contribution >= 4 is 34.1 Å². The Kier molecular flexibility index (Phi) is 5.10. The molecule has 2 heterocycles. The Bertz CT molecular complexity index is 581. The highest BCUT2D eigenvalue weighted by Gasteiger charge is 2.21. The van der Waals surface area contributed by atoms with Gasteiger partial charge >= 0.3 is 0 Å². The van der Waals surface area contributed by atoms with E-state index >= 15 is 0 Å². The minimum absolute atomic E-state index is 0.176. The van der Waals surface area contributed by atoms with Crippen LogP contribution in [0.2, 0.25) is 0 Å². The fourth-order valence-corrected chi connectivity index (χ4v) is 3.31. The summed E-state index contributed by atoms with van der Waals surface area (Å²) in [7, 11) is 3.54. The van der Waals surface area contributed by atoms with Crippen LogP contribution in [0.5, 0.6) is 0 Å². The van der Waals surface area contributed by atoms with Crippen molar-refractivity contribution < 1.29 is 4.79 Å². The molecule has 0 saturated heterocycles. The lowest BCUT2D eigenvalue weighted by molar-refractivity contribution is -0.118. The average molecular weight is 312 g/mol. The van der Waals surface area contributed by atoms with Crippen molar-refractivity contribution in [1.82, 2.24) is 25.3 Å². The number of nitrogens with zero attached hydrogens (tertiary/aromatic N) is 4. The third-order valence-electron chi connectivity index (χ3n) is 2.51. The number of rotatable bonds is 6. The van der Waals surface area contributed by atoms with Crippen molar-refractivity contribution in [3.8, 4) is 0 Å². The molecule has 9 heteroatoms. The molecule has 0 saturated carbocycles. The van der Waals surface area contributed by atoms with Crippen molar-refractivity contribution in [2.24, 2.45) is 7.05 Å². The Morgan fingerprint density at radius 1 is 1.55 bits per heavy atom.